The quantitative estimate of drug-likeness (QED) is 0.618. The molecule has 3 rings (SSSR count). The lowest BCUT2D eigenvalue weighted by Gasteiger charge is -2.22. The third-order valence-electron chi connectivity index (χ3n) is 4.27. The van der Waals surface area contributed by atoms with E-state index >= 15 is 0 Å². The summed E-state index contributed by atoms with van der Waals surface area (Å²) in [5.74, 6) is 1.68. The Balaban J connectivity index is 1.58. The van der Waals surface area contributed by atoms with E-state index in [1.165, 1.54) is 5.56 Å². The maximum Gasteiger partial charge on any atom is 0.191 e. The molecule has 0 amide bonds. The molecular weight excluding hydrogens is 356 g/mol. The molecule has 0 radical (unpaired) electrons. The van der Waals surface area contributed by atoms with Gasteiger partial charge >= 0.3 is 0 Å². The predicted octanol–water partition coefficient (Wildman–Crippen LogP) is 3.35. The van der Waals surface area contributed by atoms with Gasteiger partial charge in [0.05, 0.1) is 12.8 Å². The van der Waals surface area contributed by atoms with Gasteiger partial charge in [0, 0.05) is 37.7 Å². The Morgan fingerprint density at radius 1 is 1.44 bits per heavy atom. The van der Waals surface area contributed by atoms with Crippen LogP contribution < -0.4 is 20.3 Å². The van der Waals surface area contributed by atoms with E-state index in [4.69, 9.17) is 16.3 Å². The van der Waals surface area contributed by atoms with E-state index in [2.05, 4.69) is 37.4 Å². The van der Waals surface area contributed by atoms with E-state index in [0.29, 0.717) is 6.04 Å². The molecule has 7 heteroatoms. The first-order valence-corrected chi connectivity index (χ1v) is 9.58. The zero-order valence-electron chi connectivity index (χ0n) is 14.5. The van der Waals surface area contributed by atoms with Crippen LogP contribution in [-0.2, 0) is 6.54 Å². The summed E-state index contributed by atoms with van der Waals surface area (Å²) in [5, 5.41) is 11.8. The lowest BCUT2D eigenvalue weighted by Crippen LogP contribution is -2.44. The van der Waals surface area contributed by atoms with Gasteiger partial charge in [0.2, 0.25) is 0 Å². The molecule has 1 aliphatic heterocycles. The summed E-state index contributed by atoms with van der Waals surface area (Å²) in [6, 6.07) is 8.18. The number of aliphatic imine (C=N–C) groups is 1. The highest BCUT2D eigenvalue weighted by Crippen LogP contribution is 2.33. The van der Waals surface area contributed by atoms with Crippen LogP contribution in [0.5, 0.6) is 5.75 Å². The average Bonchev–Trinajstić information content (AvgIpc) is 3.30. The number of hydrogen-bond acceptors (Lipinski definition) is 4. The van der Waals surface area contributed by atoms with Gasteiger partial charge < -0.3 is 20.3 Å². The maximum atomic E-state index is 6.16. The van der Waals surface area contributed by atoms with Crippen molar-refractivity contribution in [3.63, 3.8) is 0 Å². The van der Waals surface area contributed by atoms with E-state index in [0.717, 1.165) is 48.5 Å². The molecule has 2 heterocycles. The molecule has 0 spiro atoms. The van der Waals surface area contributed by atoms with Crippen molar-refractivity contribution < 1.29 is 4.74 Å². The Morgan fingerprint density at radius 3 is 3.04 bits per heavy atom. The van der Waals surface area contributed by atoms with E-state index in [1.54, 1.807) is 25.5 Å². The molecule has 2 N–H and O–H groups in total. The molecule has 134 valence electrons. The van der Waals surface area contributed by atoms with Crippen LogP contribution in [-0.4, -0.2) is 39.2 Å². The second kappa shape index (κ2) is 8.45. The standard InChI is InChI=1S/C18H23ClN4OS/c1-20-18(21-10-13-6-8-25-12-13)22-15-5-7-23(11-15)16-9-14(19)3-4-17(16)24-2/h3-4,6,8-9,12,15H,5,7,10-11H2,1-2H3,(H2,20,21,22). The van der Waals surface area contributed by atoms with Gasteiger partial charge in [-0.3, -0.25) is 4.99 Å². The summed E-state index contributed by atoms with van der Waals surface area (Å²) in [5.41, 5.74) is 2.31. The van der Waals surface area contributed by atoms with Gasteiger partial charge in [-0.25, -0.2) is 0 Å². The number of hydrogen-bond donors (Lipinski definition) is 2. The minimum Gasteiger partial charge on any atom is -0.495 e. The molecule has 1 aromatic carbocycles. The van der Waals surface area contributed by atoms with Crippen LogP contribution in [0.1, 0.15) is 12.0 Å². The molecular formula is C18H23ClN4OS. The molecule has 0 aliphatic carbocycles. The van der Waals surface area contributed by atoms with Gasteiger partial charge in [0.15, 0.2) is 5.96 Å². The highest BCUT2D eigenvalue weighted by Gasteiger charge is 2.25. The minimum atomic E-state index is 0.331. The third kappa shape index (κ3) is 4.58. The van der Waals surface area contributed by atoms with Gasteiger partial charge in [-0.1, -0.05) is 11.6 Å². The summed E-state index contributed by atoms with van der Waals surface area (Å²) in [7, 11) is 3.49. The largest absolute Gasteiger partial charge is 0.495 e. The van der Waals surface area contributed by atoms with E-state index in [-0.39, 0.29) is 0 Å². The van der Waals surface area contributed by atoms with Crippen LogP contribution in [0.25, 0.3) is 0 Å². The van der Waals surface area contributed by atoms with Crippen LogP contribution in [0.3, 0.4) is 0 Å². The second-order valence-electron chi connectivity index (χ2n) is 5.95. The number of anilines is 1. The number of nitrogens with one attached hydrogen (secondary N) is 2. The first-order chi connectivity index (χ1) is 12.2. The molecule has 1 atom stereocenters. The molecule has 1 aromatic heterocycles. The van der Waals surface area contributed by atoms with Gasteiger partial charge in [0.25, 0.3) is 0 Å². The van der Waals surface area contributed by atoms with Gasteiger partial charge in [0.1, 0.15) is 5.75 Å². The molecule has 1 unspecified atom stereocenters. The number of thiophene rings is 1. The van der Waals surface area contributed by atoms with Gasteiger partial charge in [-0.2, -0.15) is 11.3 Å². The average molecular weight is 379 g/mol. The van der Waals surface area contributed by atoms with Crippen molar-refractivity contribution in [2.24, 2.45) is 4.99 Å². The summed E-state index contributed by atoms with van der Waals surface area (Å²) in [6.07, 6.45) is 1.04. The number of nitrogens with zero attached hydrogens (tertiary/aromatic N) is 2. The Labute approximate surface area is 157 Å². The van der Waals surface area contributed by atoms with Gasteiger partial charge in [-0.05, 0) is 47.0 Å². The van der Waals surface area contributed by atoms with E-state index in [9.17, 15) is 0 Å². The van der Waals surface area contributed by atoms with Crippen LogP contribution in [0.2, 0.25) is 5.02 Å². The molecule has 0 bridgehead atoms. The Hall–Kier alpha value is -1.92. The van der Waals surface area contributed by atoms with E-state index in [1.807, 2.05) is 18.2 Å². The molecule has 1 fully saturated rings. The normalized spacial score (nSPS) is 17.6. The zero-order chi connectivity index (χ0) is 17.6. The van der Waals surface area contributed by atoms with E-state index < -0.39 is 0 Å². The minimum absolute atomic E-state index is 0.331. The molecule has 1 aliphatic rings. The molecule has 2 aromatic rings. The lowest BCUT2D eigenvalue weighted by atomic mass is 10.2. The number of ether oxygens (including phenoxy) is 1. The molecule has 1 saturated heterocycles. The molecule has 25 heavy (non-hydrogen) atoms. The zero-order valence-corrected chi connectivity index (χ0v) is 16.0. The fraction of sp³-hybridized carbons (Fsp3) is 0.389. The highest BCUT2D eigenvalue weighted by atomic mass is 35.5. The van der Waals surface area contributed by atoms with Crippen LogP contribution >= 0.6 is 22.9 Å². The monoisotopic (exact) mass is 378 g/mol. The molecule has 0 saturated carbocycles. The smallest absolute Gasteiger partial charge is 0.191 e. The SMILES string of the molecule is CN=C(NCc1ccsc1)NC1CCN(c2cc(Cl)ccc2OC)C1. The first-order valence-electron chi connectivity index (χ1n) is 8.26. The van der Waals surface area contributed by atoms with Crippen molar-refractivity contribution in [2.75, 3.05) is 32.1 Å². The van der Waals surface area contributed by atoms with Crippen molar-refractivity contribution in [2.45, 2.75) is 19.0 Å². The highest BCUT2D eigenvalue weighted by molar-refractivity contribution is 7.07. The van der Waals surface area contributed by atoms with Gasteiger partial charge in [-0.15, -0.1) is 0 Å². The summed E-state index contributed by atoms with van der Waals surface area (Å²) >= 11 is 7.86. The van der Waals surface area contributed by atoms with Crippen molar-refractivity contribution in [1.82, 2.24) is 10.6 Å². The Kier molecular flexibility index (Phi) is 6.04. The summed E-state index contributed by atoms with van der Waals surface area (Å²) < 4.78 is 5.47. The topological polar surface area (TPSA) is 48.9 Å². The summed E-state index contributed by atoms with van der Waals surface area (Å²) in [6.45, 7) is 2.62. The Bertz CT molecular complexity index is 720. The van der Waals surface area contributed by atoms with Crippen molar-refractivity contribution in [3.8, 4) is 5.75 Å². The fourth-order valence-corrected chi connectivity index (χ4v) is 3.81. The first kappa shape index (κ1) is 17.9. The lowest BCUT2D eigenvalue weighted by molar-refractivity contribution is 0.415. The summed E-state index contributed by atoms with van der Waals surface area (Å²) in [4.78, 5) is 6.63. The van der Waals surface area contributed by atoms with Crippen molar-refractivity contribution >= 4 is 34.6 Å². The predicted molar refractivity (Wildman–Crippen MR) is 106 cm³/mol. The van der Waals surface area contributed by atoms with Crippen LogP contribution in [0.4, 0.5) is 5.69 Å². The number of benzene rings is 1. The maximum absolute atomic E-state index is 6.16. The van der Waals surface area contributed by atoms with Crippen molar-refractivity contribution in [3.05, 3.63) is 45.6 Å². The number of rotatable bonds is 5. The molecule has 5 nitrogen and oxygen atoms in total. The third-order valence-corrected chi connectivity index (χ3v) is 5.24. The fourth-order valence-electron chi connectivity index (χ4n) is 2.97. The van der Waals surface area contributed by atoms with Crippen molar-refractivity contribution in [1.29, 1.82) is 0 Å². The van der Waals surface area contributed by atoms with Crippen LogP contribution in [0.15, 0.2) is 40.0 Å². The number of methoxy groups -OCH3 is 1. The number of halogens is 1. The number of guanidine groups is 1. The van der Waals surface area contributed by atoms with Crippen LogP contribution in [0, 0.1) is 0 Å². The Morgan fingerprint density at radius 2 is 2.32 bits per heavy atom. The second-order valence-corrected chi connectivity index (χ2v) is 7.17.